The number of anilines is 2. The first-order valence-electron chi connectivity index (χ1n) is 9.34. The Kier molecular flexibility index (Phi) is 5.34. The second-order valence-electron chi connectivity index (χ2n) is 6.84. The lowest BCUT2D eigenvalue weighted by Gasteiger charge is -2.34. The average molecular weight is 395 g/mol. The van der Waals surface area contributed by atoms with Crippen LogP contribution in [0, 0.1) is 0 Å². The first-order valence-corrected chi connectivity index (χ1v) is 10.2. The minimum atomic E-state index is -0.836. The lowest BCUT2D eigenvalue weighted by Crippen LogP contribution is -2.51. The molecule has 2 aromatic rings. The summed E-state index contributed by atoms with van der Waals surface area (Å²) in [5, 5.41) is 1.97. The summed E-state index contributed by atoms with van der Waals surface area (Å²) in [4.78, 5) is 42.6. The Morgan fingerprint density at radius 2 is 1.68 bits per heavy atom. The monoisotopic (exact) mass is 395 g/mol. The maximum atomic E-state index is 13.2. The van der Waals surface area contributed by atoms with E-state index in [1.165, 1.54) is 16.7 Å². The van der Waals surface area contributed by atoms with Gasteiger partial charge in [-0.3, -0.25) is 14.4 Å². The quantitative estimate of drug-likeness (QED) is 0.809. The van der Waals surface area contributed by atoms with Crippen molar-refractivity contribution >= 4 is 40.9 Å². The Bertz CT molecular complexity index is 897. The van der Waals surface area contributed by atoms with Crippen LogP contribution in [0.3, 0.4) is 0 Å². The second kappa shape index (κ2) is 8.06. The van der Waals surface area contributed by atoms with E-state index in [-0.39, 0.29) is 24.3 Å². The largest absolute Gasteiger partial charge is 0.341 e. The van der Waals surface area contributed by atoms with E-state index in [1.54, 1.807) is 17.0 Å². The zero-order valence-electron chi connectivity index (χ0n) is 15.3. The molecule has 2 aliphatic heterocycles. The van der Waals surface area contributed by atoms with E-state index in [4.69, 9.17) is 0 Å². The van der Waals surface area contributed by atoms with Crippen LogP contribution in [0.25, 0.3) is 0 Å². The van der Waals surface area contributed by atoms with Crippen molar-refractivity contribution in [1.29, 1.82) is 0 Å². The molecule has 6 nitrogen and oxygen atoms in total. The van der Waals surface area contributed by atoms with Crippen molar-refractivity contribution in [3.8, 4) is 0 Å². The molecule has 7 heteroatoms. The number of benzene rings is 2. The third-order valence-corrected chi connectivity index (χ3v) is 6.13. The molecular weight excluding hydrogens is 374 g/mol. The molecule has 0 aliphatic carbocycles. The highest BCUT2D eigenvalue weighted by Gasteiger charge is 2.41. The molecule has 1 fully saturated rings. The number of carbonyl (C=O) groups excluding carboxylic acids is 3. The molecule has 1 atom stereocenters. The van der Waals surface area contributed by atoms with E-state index in [9.17, 15) is 14.4 Å². The SMILES string of the molecule is O=C(CN1C(=O)[C@@H](C(=O)N2CCCC2)Sc2ccccc21)Nc1ccccc1. The van der Waals surface area contributed by atoms with Crippen LogP contribution >= 0.6 is 11.8 Å². The molecule has 28 heavy (non-hydrogen) atoms. The molecule has 0 radical (unpaired) electrons. The maximum absolute atomic E-state index is 13.2. The van der Waals surface area contributed by atoms with E-state index in [2.05, 4.69) is 5.32 Å². The number of hydrogen-bond donors (Lipinski definition) is 1. The van der Waals surface area contributed by atoms with E-state index in [0.717, 1.165) is 17.7 Å². The molecule has 0 spiro atoms. The summed E-state index contributed by atoms with van der Waals surface area (Å²) in [5.74, 6) is -0.784. The predicted molar refractivity (Wildman–Crippen MR) is 109 cm³/mol. The van der Waals surface area contributed by atoms with Gasteiger partial charge in [-0.25, -0.2) is 0 Å². The van der Waals surface area contributed by atoms with Gasteiger partial charge >= 0.3 is 0 Å². The summed E-state index contributed by atoms with van der Waals surface area (Å²) in [6.45, 7) is 1.26. The van der Waals surface area contributed by atoms with Crippen molar-refractivity contribution in [3.63, 3.8) is 0 Å². The summed E-state index contributed by atoms with van der Waals surface area (Å²) in [6.07, 6.45) is 1.94. The van der Waals surface area contributed by atoms with Crippen LogP contribution in [-0.4, -0.2) is 47.5 Å². The van der Waals surface area contributed by atoms with Crippen molar-refractivity contribution in [1.82, 2.24) is 4.90 Å². The maximum Gasteiger partial charge on any atom is 0.250 e. The van der Waals surface area contributed by atoms with Gasteiger partial charge in [0.05, 0.1) is 5.69 Å². The highest BCUT2D eigenvalue weighted by Crippen LogP contribution is 2.40. The number of amides is 3. The number of nitrogens with one attached hydrogen (secondary N) is 1. The van der Waals surface area contributed by atoms with Crippen LogP contribution in [0.4, 0.5) is 11.4 Å². The Balaban J connectivity index is 1.56. The number of hydrogen-bond acceptors (Lipinski definition) is 4. The Morgan fingerprint density at radius 3 is 2.43 bits per heavy atom. The van der Waals surface area contributed by atoms with Crippen molar-refractivity contribution in [2.24, 2.45) is 0 Å². The van der Waals surface area contributed by atoms with Crippen LogP contribution in [0.5, 0.6) is 0 Å². The third-order valence-electron chi connectivity index (χ3n) is 4.89. The van der Waals surface area contributed by atoms with Crippen molar-refractivity contribution in [3.05, 3.63) is 54.6 Å². The normalized spacial score (nSPS) is 18.7. The van der Waals surface area contributed by atoms with Gasteiger partial charge in [-0.15, -0.1) is 11.8 Å². The topological polar surface area (TPSA) is 69.7 Å². The van der Waals surface area contributed by atoms with Crippen molar-refractivity contribution < 1.29 is 14.4 Å². The number of carbonyl (C=O) groups is 3. The molecule has 1 saturated heterocycles. The van der Waals surface area contributed by atoms with Crippen LogP contribution < -0.4 is 10.2 Å². The lowest BCUT2D eigenvalue weighted by molar-refractivity contribution is -0.134. The summed E-state index contributed by atoms with van der Waals surface area (Å²) < 4.78 is 0. The van der Waals surface area contributed by atoms with E-state index in [1.807, 2.05) is 42.5 Å². The third kappa shape index (κ3) is 3.75. The van der Waals surface area contributed by atoms with Gasteiger partial charge < -0.3 is 15.1 Å². The molecule has 2 aromatic carbocycles. The zero-order chi connectivity index (χ0) is 19.5. The van der Waals surface area contributed by atoms with Gasteiger partial charge in [0.25, 0.3) is 5.91 Å². The number of likely N-dealkylation sites (tertiary alicyclic amines) is 1. The first-order chi connectivity index (χ1) is 13.6. The fourth-order valence-corrected chi connectivity index (χ4v) is 4.69. The van der Waals surface area contributed by atoms with Crippen LogP contribution in [0.1, 0.15) is 12.8 Å². The molecule has 2 heterocycles. The number of para-hydroxylation sites is 2. The van der Waals surface area contributed by atoms with Crippen LogP contribution in [0.2, 0.25) is 0 Å². The summed E-state index contributed by atoms with van der Waals surface area (Å²) >= 11 is 1.28. The molecule has 4 rings (SSSR count). The van der Waals surface area contributed by atoms with Crippen LogP contribution in [0.15, 0.2) is 59.5 Å². The molecule has 3 amide bonds. The minimum absolute atomic E-state index is 0.130. The molecule has 2 aliphatic rings. The standard InChI is InChI=1S/C21H21N3O3S/c25-18(22-15-8-2-1-3-9-15)14-24-16-10-4-5-11-17(16)28-19(21(24)27)20(26)23-12-6-7-13-23/h1-5,8-11,19H,6-7,12-14H2,(H,22,25)/t19-/m1/s1. The predicted octanol–water partition coefficient (Wildman–Crippen LogP) is 2.76. The summed E-state index contributed by atoms with van der Waals surface area (Å²) in [5.41, 5.74) is 1.34. The lowest BCUT2D eigenvalue weighted by atomic mass is 10.2. The van der Waals surface area contributed by atoms with Gasteiger partial charge in [0, 0.05) is 23.7 Å². The fourth-order valence-electron chi connectivity index (χ4n) is 3.51. The van der Waals surface area contributed by atoms with Crippen LogP contribution in [-0.2, 0) is 14.4 Å². The number of rotatable bonds is 4. The fraction of sp³-hybridized carbons (Fsp3) is 0.286. The summed E-state index contributed by atoms with van der Waals surface area (Å²) in [6, 6.07) is 16.5. The Hall–Kier alpha value is -2.80. The molecule has 0 aromatic heterocycles. The highest BCUT2D eigenvalue weighted by molar-refractivity contribution is 8.01. The molecule has 0 saturated carbocycles. The molecule has 1 N–H and O–H groups in total. The zero-order valence-corrected chi connectivity index (χ0v) is 16.2. The van der Waals surface area contributed by atoms with Gasteiger partial charge in [-0.2, -0.15) is 0 Å². The molecule has 0 bridgehead atoms. The van der Waals surface area contributed by atoms with Gasteiger partial charge in [-0.05, 0) is 37.1 Å². The number of nitrogens with zero attached hydrogens (tertiary/aromatic N) is 2. The Morgan fingerprint density at radius 1 is 1.00 bits per heavy atom. The van der Waals surface area contributed by atoms with Gasteiger partial charge in [-0.1, -0.05) is 30.3 Å². The average Bonchev–Trinajstić information content (AvgIpc) is 3.25. The second-order valence-corrected chi connectivity index (χ2v) is 7.98. The minimum Gasteiger partial charge on any atom is -0.341 e. The van der Waals surface area contributed by atoms with E-state index in [0.29, 0.717) is 24.5 Å². The van der Waals surface area contributed by atoms with E-state index < -0.39 is 5.25 Å². The Labute approximate surface area is 167 Å². The van der Waals surface area contributed by atoms with Gasteiger partial charge in [0.15, 0.2) is 5.25 Å². The number of thioether (sulfide) groups is 1. The molecular formula is C21H21N3O3S. The number of fused-ring (bicyclic) bond motifs is 1. The smallest absolute Gasteiger partial charge is 0.250 e. The van der Waals surface area contributed by atoms with Crippen molar-refractivity contribution in [2.45, 2.75) is 23.0 Å². The molecule has 0 unspecified atom stereocenters. The van der Waals surface area contributed by atoms with Gasteiger partial charge in [0.2, 0.25) is 11.8 Å². The highest BCUT2D eigenvalue weighted by atomic mass is 32.2. The summed E-state index contributed by atoms with van der Waals surface area (Å²) in [7, 11) is 0. The first kappa shape index (κ1) is 18.6. The molecule has 144 valence electrons. The van der Waals surface area contributed by atoms with Gasteiger partial charge in [0.1, 0.15) is 6.54 Å². The van der Waals surface area contributed by atoms with Crippen molar-refractivity contribution in [2.75, 3.05) is 29.9 Å². The van der Waals surface area contributed by atoms with E-state index >= 15 is 0 Å².